The van der Waals surface area contributed by atoms with Gasteiger partial charge < -0.3 is 5.73 Å². The minimum Gasteiger partial charge on any atom is -0.325 e. The number of hydrogen-bond acceptors (Lipinski definition) is 2. The zero-order chi connectivity index (χ0) is 10.9. The van der Waals surface area contributed by atoms with Crippen molar-refractivity contribution in [2.24, 2.45) is 11.1 Å². The van der Waals surface area contributed by atoms with E-state index in [-0.39, 0.29) is 6.54 Å². The quantitative estimate of drug-likeness (QED) is 0.783. The number of nitrogens with zero attached hydrogens (tertiary/aromatic N) is 1. The van der Waals surface area contributed by atoms with Crippen molar-refractivity contribution < 1.29 is 8.78 Å². The van der Waals surface area contributed by atoms with Crippen LogP contribution in [0.4, 0.5) is 8.78 Å². The maximum atomic E-state index is 13.0. The Balaban J connectivity index is 1.77. The molecule has 0 aromatic carbocycles. The standard InChI is InChI=1S/C11H20F2N2/c12-11(13,6-14)9-15-7-10(8-15)4-2-1-3-5-10/h1-9,14H2. The van der Waals surface area contributed by atoms with Gasteiger partial charge in [-0.2, -0.15) is 0 Å². The highest BCUT2D eigenvalue weighted by molar-refractivity contribution is 4.97. The first-order valence-corrected chi connectivity index (χ1v) is 5.86. The molecule has 1 spiro atoms. The van der Waals surface area contributed by atoms with Crippen LogP contribution in [-0.4, -0.2) is 37.0 Å². The van der Waals surface area contributed by atoms with Crippen molar-refractivity contribution in [2.45, 2.75) is 38.0 Å². The average molecular weight is 218 g/mol. The molecule has 2 N–H and O–H groups in total. The van der Waals surface area contributed by atoms with Crippen LogP contribution >= 0.6 is 0 Å². The Labute approximate surface area is 89.8 Å². The lowest BCUT2D eigenvalue weighted by atomic mass is 9.68. The second-order valence-electron chi connectivity index (χ2n) is 5.27. The Morgan fingerprint density at radius 2 is 1.73 bits per heavy atom. The Kier molecular flexibility index (Phi) is 2.99. The van der Waals surface area contributed by atoms with Gasteiger partial charge in [-0.25, -0.2) is 8.78 Å². The van der Waals surface area contributed by atoms with Crippen molar-refractivity contribution in [3.05, 3.63) is 0 Å². The highest BCUT2D eigenvalue weighted by atomic mass is 19.3. The third-order valence-corrected chi connectivity index (χ3v) is 3.79. The topological polar surface area (TPSA) is 29.3 Å². The molecule has 1 saturated heterocycles. The molecule has 2 nitrogen and oxygen atoms in total. The summed E-state index contributed by atoms with van der Waals surface area (Å²) >= 11 is 0. The summed E-state index contributed by atoms with van der Waals surface area (Å²) in [5, 5.41) is 0. The van der Waals surface area contributed by atoms with Crippen LogP contribution in [0.15, 0.2) is 0 Å². The fourth-order valence-electron chi connectivity index (χ4n) is 3.02. The van der Waals surface area contributed by atoms with E-state index in [1.54, 1.807) is 0 Å². The third-order valence-electron chi connectivity index (χ3n) is 3.79. The van der Waals surface area contributed by atoms with Crippen molar-refractivity contribution >= 4 is 0 Å². The minimum absolute atomic E-state index is 0.148. The molecule has 2 fully saturated rings. The van der Waals surface area contributed by atoms with Crippen LogP contribution in [0, 0.1) is 5.41 Å². The molecule has 0 aromatic rings. The Morgan fingerprint density at radius 3 is 2.27 bits per heavy atom. The molecule has 0 unspecified atom stereocenters. The maximum absolute atomic E-state index is 13.0. The summed E-state index contributed by atoms with van der Waals surface area (Å²) in [6.45, 7) is 1.05. The van der Waals surface area contributed by atoms with Crippen LogP contribution in [-0.2, 0) is 0 Å². The second kappa shape index (κ2) is 3.98. The fourth-order valence-corrected chi connectivity index (χ4v) is 3.02. The van der Waals surface area contributed by atoms with Crippen LogP contribution in [0.3, 0.4) is 0 Å². The number of nitrogens with two attached hydrogens (primary N) is 1. The van der Waals surface area contributed by atoms with Gasteiger partial charge in [0.05, 0.1) is 13.1 Å². The van der Waals surface area contributed by atoms with Crippen LogP contribution in [0.5, 0.6) is 0 Å². The monoisotopic (exact) mass is 218 g/mol. The summed E-state index contributed by atoms with van der Waals surface area (Å²) in [4.78, 5) is 1.86. The van der Waals surface area contributed by atoms with Crippen LogP contribution in [0.1, 0.15) is 32.1 Å². The first-order valence-electron chi connectivity index (χ1n) is 5.86. The van der Waals surface area contributed by atoms with Crippen molar-refractivity contribution in [2.75, 3.05) is 26.2 Å². The number of hydrogen-bond donors (Lipinski definition) is 1. The molecular weight excluding hydrogens is 198 g/mol. The highest BCUT2D eigenvalue weighted by Gasteiger charge is 2.45. The van der Waals surface area contributed by atoms with Gasteiger partial charge in [0.1, 0.15) is 0 Å². The molecule has 1 saturated carbocycles. The van der Waals surface area contributed by atoms with Crippen LogP contribution < -0.4 is 5.73 Å². The van der Waals surface area contributed by atoms with Crippen LogP contribution in [0.2, 0.25) is 0 Å². The Hall–Kier alpha value is -0.220. The number of likely N-dealkylation sites (tertiary alicyclic amines) is 1. The molecule has 88 valence electrons. The van der Waals surface area contributed by atoms with E-state index in [0.29, 0.717) is 5.41 Å². The molecule has 0 amide bonds. The highest BCUT2D eigenvalue weighted by Crippen LogP contribution is 2.44. The lowest BCUT2D eigenvalue weighted by molar-refractivity contribution is -0.0947. The summed E-state index contributed by atoms with van der Waals surface area (Å²) in [6.07, 6.45) is 6.35. The normalized spacial score (nSPS) is 26.6. The predicted molar refractivity (Wildman–Crippen MR) is 56.0 cm³/mol. The predicted octanol–water partition coefficient (Wildman–Crippen LogP) is 1.85. The van der Waals surface area contributed by atoms with E-state index in [1.807, 2.05) is 4.90 Å². The van der Waals surface area contributed by atoms with Gasteiger partial charge in [-0.3, -0.25) is 4.90 Å². The maximum Gasteiger partial charge on any atom is 0.272 e. The largest absolute Gasteiger partial charge is 0.325 e. The second-order valence-corrected chi connectivity index (χ2v) is 5.27. The summed E-state index contributed by atoms with van der Waals surface area (Å²) in [5.41, 5.74) is 5.42. The van der Waals surface area contributed by atoms with Gasteiger partial charge in [0.25, 0.3) is 5.92 Å². The molecule has 4 heteroatoms. The lowest BCUT2D eigenvalue weighted by Gasteiger charge is -2.53. The molecule has 2 aliphatic rings. The third kappa shape index (κ3) is 2.48. The zero-order valence-electron chi connectivity index (χ0n) is 9.14. The van der Waals surface area contributed by atoms with Crippen molar-refractivity contribution in [1.82, 2.24) is 4.90 Å². The van der Waals surface area contributed by atoms with Crippen LogP contribution in [0.25, 0.3) is 0 Å². The minimum atomic E-state index is -2.70. The van der Waals surface area contributed by atoms with Gasteiger partial charge in [-0.15, -0.1) is 0 Å². The van der Waals surface area contributed by atoms with Gasteiger partial charge in [-0.05, 0) is 18.3 Å². The van der Waals surface area contributed by atoms with E-state index < -0.39 is 12.5 Å². The van der Waals surface area contributed by atoms with Crippen molar-refractivity contribution in [1.29, 1.82) is 0 Å². The lowest BCUT2D eigenvalue weighted by Crippen LogP contribution is -2.60. The molecular formula is C11H20F2N2. The number of halogens is 2. The molecule has 0 aromatic heterocycles. The molecule has 0 bridgehead atoms. The zero-order valence-corrected chi connectivity index (χ0v) is 9.14. The van der Waals surface area contributed by atoms with Gasteiger partial charge in [-0.1, -0.05) is 19.3 Å². The number of rotatable bonds is 3. The van der Waals surface area contributed by atoms with E-state index >= 15 is 0 Å². The number of alkyl halides is 2. The fraction of sp³-hybridized carbons (Fsp3) is 1.00. The van der Waals surface area contributed by atoms with E-state index in [1.165, 1.54) is 32.1 Å². The molecule has 1 aliphatic carbocycles. The van der Waals surface area contributed by atoms with Gasteiger partial charge in [0, 0.05) is 13.1 Å². The van der Waals surface area contributed by atoms with Gasteiger partial charge >= 0.3 is 0 Å². The molecule has 15 heavy (non-hydrogen) atoms. The van der Waals surface area contributed by atoms with E-state index in [4.69, 9.17) is 5.73 Å². The molecule has 0 radical (unpaired) electrons. The van der Waals surface area contributed by atoms with E-state index in [0.717, 1.165) is 13.1 Å². The summed E-state index contributed by atoms with van der Waals surface area (Å²) in [5.74, 6) is -2.70. The van der Waals surface area contributed by atoms with Crippen molar-refractivity contribution in [3.8, 4) is 0 Å². The average Bonchev–Trinajstić information content (AvgIpc) is 2.17. The van der Waals surface area contributed by atoms with Gasteiger partial charge in [0.2, 0.25) is 0 Å². The smallest absolute Gasteiger partial charge is 0.272 e. The molecule has 1 heterocycles. The van der Waals surface area contributed by atoms with Crippen molar-refractivity contribution in [3.63, 3.8) is 0 Å². The first-order chi connectivity index (χ1) is 7.05. The Bertz CT molecular complexity index is 217. The van der Waals surface area contributed by atoms with E-state index in [9.17, 15) is 8.78 Å². The molecule has 2 rings (SSSR count). The van der Waals surface area contributed by atoms with E-state index in [2.05, 4.69) is 0 Å². The first kappa shape index (κ1) is 11.3. The SMILES string of the molecule is NCC(F)(F)CN1CC2(CCCCC2)C1. The molecule has 1 aliphatic heterocycles. The summed E-state index contributed by atoms with van der Waals surface area (Å²) in [7, 11) is 0. The summed E-state index contributed by atoms with van der Waals surface area (Å²) in [6, 6.07) is 0. The summed E-state index contributed by atoms with van der Waals surface area (Å²) < 4.78 is 26.0. The Morgan fingerprint density at radius 1 is 1.13 bits per heavy atom. The van der Waals surface area contributed by atoms with Gasteiger partial charge in [0.15, 0.2) is 0 Å². The molecule has 0 atom stereocenters.